The molecule has 0 N–H and O–H groups in total. The van der Waals surface area contributed by atoms with Crippen LogP contribution in [-0.2, 0) is 6.54 Å². The summed E-state index contributed by atoms with van der Waals surface area (Å²) >= 11 is 0. The molecule has 0 amide bonds. The van der Waals surface area contributed by atoms with Crippen LogP contribution < -0.4 is 17.0 Å². The molecule has 0 aliphatic heterocycles. The van der Waals surface area contributed by atoms with E-state index in [1.807, 2.05) is 12.1 Å². The van der Waals surface area contributed by atoms with Gasteiger partial charge in [0.05, 0.1) is 19.6 Å². The summed E-state index contributed by atoms with van der Waals surface area (Å²) in [7, 11) is 0. The lowest BCUT2D eigenvalue weighted by atomic mass is 10.3. The molecule has 1 heterocycles. The molecule has 0 saturated carbocycles. The van der Waals surface area contributed by atoms with Crippen molar-refractivity contribution in [3.8, 4) is 6.07 Å². The van der Waals surface area contributed by atoms with E-state index in [2.05, 4.69) is 20.8 Å². The molecule has 0 aliphatic carbocycles. The third-order valence-corrected chi connectivity index (χ3v) is 3.28. The Labute approximate surface area is 108 Å². The molecule has 3 nitrogen and oxygen atoms in total. The number of rotatable bonds is 5. The van der Waals surface area contributed by atoms with Crippen LogP contribution in [0.1, 0.15) is 32.3 Å². The topological polar surface area (TPSA) is 36.9 Å². The van der Waals surface area contributed by atoms with Crippen LogP contribution in [0.3, 0.4) is 0 Å². The van der Waals surface area contributed by atoms with E-state index in [4.69, 9.17) is 9.68 Å². The molecule has 0 atom stereocenters. The Kier molecular flexibility index (Phi) is 6.39. The fourth-order valence-electron chi connectivity index (χ4n) is 1.86. The molecule has 16 heavy (non-hydrogen) atoms. The van der Waals surface area contributed by atoms with E-state index >= 15 is 0 Å². The first kappa shape index (κ1) is 15.2. The third-order valence-electron chi connectivity index (χ3n) is 3.28. The van der Waals surface area contributed by atoms with Crippen LogP contribution in [-0.4, -0.2) is 24.1 Å². The molecule has 0 radical (unpaired) electrons. The smallest absolute Gasteiger partial charge is 0.203 e. The van der Waals surface area contributed by atoms with E-state index in [0.29, 0.717) is 5.76 Å². The monoisotopic (exact) mass is 286 g/mol. The molecular weight excluding hydrogens is 268 g/mol. The van der Waals surface area contributed by atoms with Crippen LogP contribution in [0, 0.1) is 11.3 Å². The number of hydrogen-bond donors (Lipinski definition) is 0. The molecule has 0 bridgehead atoms. The fraction of sp³-hybridized carbons (Fsp3) is 0.583. The van der Waals surface area contributed by atoms with E-state index in [9.17, 15) is 0 Å². The number of nitrogens with zero attached hydrogens (tertiary/aromatic N) is 2. The van der Waals surface area contributed by atoms with E-state index in [1.54, 1.807) is 6.07 Å². The Morgan fingerprint density at radius 2 is 1.75 bits per heavy atom. The molecule has 0 fully saturated rings. The summed E-state index contributed by atoms with van der Waals surface area (Å²) in [6, 6.07) is 5.66. The van der Waals surface area contributed by atoms with Gasteiger partial charge in [-0.25, -0.2) is 0 Å². The number of nitriles is 1. The largest absolute Gasteiger partial charge is 1.00 e. The summed E-state index contributed by atoms with van der Waals surface area (Å²) in [5.74, 6) is 1.32. The molecule has 1 rings (SSSR count). The number of quaternary nitrogens is 1. The van der Waals surface area contributed by atoms with Gasteiger partial charge in [0.15, 0.2) is 5.76 Å². The van der Waals surface area contributed by atoms with Crippen molar-refractivity contribution < 1.29 is 25.9 Å². The lowest BCUT2D eigenvalue weighted by Gasteiger charge is -2.34. The highest BCUT2D eigenvalue weighted by atomic mass is 79.9. The van der Waals surface area contributed by atoms with E-state index < -0.39 is 0 Å². The van der Waals surface area contributed by atoms with Gasteiger partial charge in [-0.3, -0.25) is 0 Å². The predicted octanol–water partition coefficient (Wildman–Crippen LogP) is -0.468. The Morgan fingerprint density at radius 3 is 2.12 bits per heavy atom. The van der Waals surface area contributed by atoms with Crippen molar-refractivity contribution in [3.63, 3.8) is 0 Å². The average molecular weight is 287 g/mol. The van der Waals surface area contributed by atoms with Gasteiger partial charge in [-0.05, 0) is 32.9 Å². The first-order chi connectivity index (χ1) is 7.19. The second-order valence-electron chi connectivity index (χ2n) is 3.83. The molecule has 0 aromatic carbocycles. The van der Waals surface area contributed by atoms with Crippen molar-refractivity contribution in [2.24, 2.45) is 0 Å². The second-order valence-corrected chi connectivity index (χ2v) is 3.83. The number of furan rings is 1. The normalized spacial score (nSPS) is 10.6. The Hall–Kier alpha value is -0.790. The molecule has 1 aromatic rings. The fourth-order valence-corrected chi connectivity index (χ4v) is 1.86. The van der Waals surface area contributed by atoms with Crippen LogP contribution in [0.5, 0.6) is 0 Å². The number of hydrogen-bond acceptors (Lipinski definition) is 2. The van der Waals surface area contributed by atoms with Crippen LogP contribution in [0.15, 0.2) is 16.5 Å². The highest BCUT2D eigenvalue weighted by Gasteiger charge is 2.22. The van der Waals surface area contributed by atoms with Crippen LogP contribution in [0.25, 0.3) is 0 Å². The maximum Gasteiger partial charge on any atom is 0.203 e. The first-order valence-electron chi connectivity index (χ1n) is 5.53. The van der Waals surface area contributed by atoms with Crippen molar-refractivity contribution in [2.75, 3.05) is 19.6 Å². The van der Waals surface area contributed by atoms with Gasteiger partial charge in [0.25, 0.3) is 0 Å². The van der Waals surface area contributed by atoms with Crippen LogP contribution in [0.2, 0.25) is 0 Å². The summed E-state index contributed by atoms with van der Waals surface area (Å²) in [4.78, 5) is 0. The van der Waals surface area contributed by atoms with Crippen molar-refractivity contribution in [1.82, 2.24) is 0 Å². The summed E-state index contributed by atoms with van der Waals surface area (Å²) in [5.41, 5.74) is 0. The van der Waals surface area contributed by atoms with Gasteiger partial charge < -0.3 is 25.9 Å². The highest BCUT2D eigenvalue weighted by Crippen LogP contribution is 2.16. The van der Waals surface area contributed by atoms with Gasteiger partial charge in [-0.15, -0.1) is 0 Å². The Morgan fingerprint density at radius 1 is 1.19 bits per heavy atom. The quantitative estimate of drug-likeness (QED) is 0.687. The lowest BCUT2D eigenvalue weighted by molar-refractivity contribution is -0.937. The molecule has 0 saturated heterocycles. The second kappa shape index (κ2) is 6.72. The minimum atomic E-state index is 0. The molecule has 1 aromatic heterocycles. The molecule has 0 unspecified atom stereocenters. The molecule has 0 spiro atoms. The van der Waals surface area contributed by atoms with Crippen molar-refractivity contribution in [1.29, 1.82) is 5.26 Å². The van der Waals surface area contributed by atoms with E-state index in [0.717, 1.165) is 36.4 Å². The highest BCUT2D eigenvalue weighted by molar-refractivity contribution is 5.18. The van der Waals surface area contributed by atoms with Gasteiger partial charge >= 0.3 is 0 Å². The van der Waals surface area contributed by atoms with Gasteiger partial charge in [-0.2, -0.15) is 5.26 Å². The Bertz CT molecular complexity index is 342. The maximum atomic E-state index is 8.67. The van der Waals surface area contributed by atoms with E-state index in [1.165, 1.54) is 0 Å². The van der Waals surface area contributed by atoms with Crippen molar-refractivity contribution >= 4 is 0 Å². The SMILES string of the molecule is CC[N+](CC)(CC)Cc1ccc(C#N)o1.[Br-]. The first-order valence-corrected chi connectivity index (χ1v) is 5.53. The summed E-state index contributed by atoms with van der Waals surface area (Å²) in [6.45, 7) is 10.7. The predicted molar refractivity (Wildman–Crippen MR) is 59.0 cm³/mol. The molecular formula is C12H19BrN2O. The van der Waals surface area contributed by atoms with Crippen LogP contribution in [0.4, 0.5) is 0 Å². The molecule has 0 aliphatic rings. The maximum absolute atomic E-state index is 8.67. The average Bonchev–Trinajstić information content (AvgIpc) is 2.73. The molecule has 4 heteroatoms. The van der Waals surface area contributed by atoms with E-state index in [-0.39, 0.29) is 17.0 Å². The Balaban J connectivity index is 0.00000225. The zero-order valence-corrected chi connectivity index (χ0v) is 11.7. The van der Waals surface area contributed by atoms with Crippen molar-refractivity contribution in [3.05, 3.63) is 23.7 Å². The summed E-state index contributed by atoms with van der Waals surface area (Å²) < 4.78 is 6.43. The minimum absolute atomic E-state index is 0. The summed E-state index contributed by atoms with van der Waals surface area (Å²) in [5, 5.41) is 8.67. The zero-order chi connectivity index (χ0) is 11.3. The van der Waals surface area contributed by atoms with Gasteiger partial charge in [0, 0.05) is 0 Å². The third kappa shape index (κ3) is 3.36. The molecule has 90 valence electrons. The number of halogens is 1. The van der Waals surface area contributed by atoms with Gasteiger partial charge in [0.1, 0.15) is 12.6 Å². The minimum Gasteiger partial charge on any atom is -1.00 e. The van der Waals surface area contributed by atoms with Gasteiger partial charge in [0.2, 0.25) is 5.76 Å². The van der Waals surface area contributed by atoms with Crippen molar-refractivity contribution in [2.45, 2.75) is 27.3 Å². The lowest BCUT2D eigenvalue weighted by Crippen LogP contribution is -3.00. The zero-order valence-electron chi connectivity index (χ0n) is 10.2. The van der Waals surface area contributed by atoms with Crippen LogP contribution >= 0.6 is 0 Å². The standard InChI is InChI=1S/C12H19N2O.BrH/c1-4-14(5-2,6-3)10-12-8-7-11(9-13)15-12;/h7-8H,4-6,10H2,1-3H3;1H/q+1;/p-1. The van der Waals surface area contributed by atoms with Gasteiger partial charge in [-0.1, -0.05) is 0 Å². The summed E-state index contributed by atoms with van der Waals surface area (Å²) in [6.07, 6.45) is 0.